The predicted molar refractivity (Wildman–Crippen MR) is 102 cm³/mol. The van der Waals surface area contributed by atoms with E-state index in [0.29, 0.717) is 23.8 Å². The molecule has 2 aliphatic rings. The van der Waals surface area contributed by atoms with E-state index in [0.717, 1.165) is 29.7 Å². The molecule has 0 spiro atoms. The Bertz CT molecular complexity index is 679. The van der Waals surface area contributed by atoms with E-state index in [9.17, 15) is 5.11 Å². The van der Waals surface area contributed by atoms with Crippen LogP contribution in [0.15, 0.2) is 75.4 Å². The molecule has 0 saturated carbocycles. The van der Waals surface area contributed by atoms with Crippen molar-refractivity contribution < 1.29 is 5.11 Å². The second-order valence-electron chi connectivity index (χ2n) is 5.52. The lowest BCUT2D eigenvalue weighted by molar-refractivity contribution is 0.408. The molecule has 0 bridgehead atoms. The molecular formula is C19H24ClN3O. The van der Waals surface area contributed by atoms with Gasteiger partial charge in [0.1, 0.15) is 5.76 Å². The first-order chi connectivity index (χ1) is 11.7. The van der Waals surface area contributed by atoms with E-state index in [1.54, 1.807) is 18.5 Å². The molecule has 0 radical (unpaired) electrons. The van der Waals surface area contributed by atoms with Crippen molar-refractivity contribution in [3.8, 4) is 0 Å². The molecule has 1 heterocycles. The van der Waals surface area contributed by atoms with Crippen molar-refractivity contribution in [3.63, 3.8) is 0 Å². The molecule has 0 aromatic rings. The van der Waals surface area contributed by atoms with Crippen molar-refractivity contribution in [1.29, 1.82) is 0 Å². The Hall–Kier alpha value is -2.20. The second kappa shape index (κ2) is 9.18. The quantitative estimate of drug-likeness (QED) is 0.675. The number of allylic oxidation sites excluding steroid dienone is 5. The molecule has 4 nitrogen and oxygen atoms in total. The lowest BCUT2D eigenvalue weighted by Crippen LogP contribution is -2.25. The minimum atomic E-state index is 0.256. The Kier molecular flexibility index (Phi) is 6.94. The topological polar surface area (TPSA) is 56.7 Å². The maximum absolute atomic E-state index is 9.85. The number of aliphatic hydroxyl groups excluding tert-OH is 1. The highest BCUT2D eigenvalue weighted by molar-refractivity contribution is 6.38. The average Bonchev–Trinajstić information content (AvgIpc) is 2.58. The molecule has 2 rings (SSSR count). The van der Waals surface area contributed by atoms with Crippen LogP contribution in [0.5, 0.6) is 0 Å². The second-order valence-corrected chi connectivity index (χ2v) is 5.93. The van der Waals surface area contributed by atoms with Crippen LogP contribution < -0.4 is 10.6 Å². The molecule has 0 unspecified atom stereocenters. The fourth-order valence-electron chi connectivity index (χ4n) is 2.35. The molecule has 24 heavy (non-hydrogen) atoms. The Morgan fingerprint density at radius 2 is 2.25 bits per heavy atom. The molecule has 0 aromatic carbocycles. The van der Waals surface area contributed by atoms with Gasteiger partial charge in [0.25, 0.3) is 0 Å². The summed E-state index contributed by atoms with van der Waals surface area (Å²) in [5, 5.41) is 16.8. The number of hydrogen-bond acceptors (Lipinski definition) is 4. The number of dihydropyridines is 1. The highest BCUT2D eigenvalue weighted by Gasteiger charge is 2.16. The Morgan fingerprint density at radius 1 is 1.42 bits per heavy atom. The maximum Gasteiger partial charge on any atom is 0.137 e. The van der Waals surface area contributed by atoms with Crippen molar-refractivity contribution in [1.82, 2.24) is 10.6 Å². The first kappa shape index (κ1) is 18.1. The van der Waals surface area contributed by atoms with Crippen LogP contribution in [-0.4, -0.2) is 23.9 Å². The van der Waals surface area contributed by atoms with Crippen LogP contribution in [0.25, 0.3) is 0 Å². The zero-order valence-electron chi connectivity index (χ0n) is 14.1. The van der Waals surface area contributed by atoms with E-state index >= 15 is 0 Å². The van der Waals surface area contributed by atoms with Crippen LogP contribution in [0.4, 0.5) is 0 Å². The number of nitrogens with zero attached hydrogens (tertiary/aromatic N) is 1. The van der Waals surface area contributed by atoms with Gasteiger partial charge in [-0.3, -0.25) is 4.99 Å². The molecule has 0 fully saturated rings. The summed E-state index contributed by atoms with van der Waals surface area (Å²) in [6.45, 7) is 5.26. The SMILES string of the molecule is C\C=C/N=C1\C=C(CNC2=CNCC=C2O)C=C(Cl)\C1=C/CCC. The number of halogens is 1. The van der Waals surface area contributed by atoms with E-state index in [-0.39, 0.29) is 5.76 Å². The van der Waals surface area contributed by atoms with E-state index in [2.05, 4.69) is 28.6 Å². The number of aliphatic imine (C=N–C) groups is 1. The highest BCUT2D eigenvalue weighted by atomic mass is 35.5. The molecular weight excluding hydrogens is 322 g/mol. The summed E-state index contributed by atoms with van der Waals surface area (Å²) in [6, 6.07) is 0. The molecule has 0 atom stereocenters. The Morgan fingerprint density at radius 3 is 2.96 bits per heavy atom. The smallest absolute Gasteiger partial charge is 0.137 e. The third kappa shape index (κ3) is 4.90. The van der Waals surface area contributed by atoms with Crippen molar-refractivity contribution in [2.45, 2.75) is 26.7 Å². The molecule has 0 amide bonds. The molecule has 128 valence electrons. The molecule has 0 saturated heterocycles. The van der Waals surface area contributed by atoms with E-state index in [4.69, 9.17) is 11.6 Å². The number of aliphatic hydroxyl groups is 1. The summed E-state index contributed by atoms with van der Waals surface area (Å²) in [4.78, 5) is 4.50. The fraction of sp³-hybridized carbons (Fsp3) is 0.316. The molecule has 3 N–H and O–H groups in total. The largest absolute Gasteiger partial charge is 0.506 e. The molecule has 1 aliphatic heterocycles. The molecule has 1 aliphatic carbocycles. The average molecular weight is 346 g/mol. The van der Waals surface area contributed by atoms with Crippen molar-refractivity contribution >= 4 is 17.3 Å². The summed E-state index contributed by atoms with van der Waals surface area (Å²) < 4.78 is 0. The summed E-state index contributed by atoms with van der Waals surface area (Å²) in [6.07, 6.45) is 15.3. The summed E-state index contributed by atoms with van der Waals surface area (Å²) in [5.74, 6) is 0.256. The van der Waals surface area contributed by atoms with Gasteiger partial charge in [-0.25, -0.2) is 0 Å². The summed E-state index contributed by atoms with van der Waals surface area (Å²) in [5.41, 5.74) is 3.52. The van der Waals surface area contributed by atoms with Gasteiger partial charge in [-0.15, -0.1) is 0 Å². The van der Waals surface area contributed by atoms with Gasteiger partial charge >= 0.3 is 0 Å². The van der Waals surface area contributed by atoms with Crippen molar-refractivity contribution in [2.75, 3.05) is 13.1 Å². The molecule has 0 aromatic heterocycles. The van der Waals surface area contributed by atoms with Crippen LogP contribution in [0.1, 0.15) is 26.7 Å². The van der Waals surface area contributed by atoms with Gasteiger partial charge in [-0.2, -0.15) is 0 Å². The predicted octanol–water partition coefficient (Wildman–Crippen LogP) is 4.23. The van der Waals surface area contributed by atoms with Crippen LogP contribution in [0.3, 0.4) is 0 Å². The van der Waals surface area contributed by atoms with Crippen LogP contribution in [0.2, 0.25) is 0 Å². The molecule has 5 heteroatoms. The highest BCUT2D eigenvalue weighted by Crippen LogP contribution is 2.26. The Balaban J connectivity index is 2.17. The van der Waals surface area contributed by atoms with E-state index in [1.165, 1.54) is 0 Å². The number of hydrogen-bond donors (Lipinski definition) is 3. The zero-order valence-corrected chi connectivity index (χ0v) is 14.9. The lowest BCUT2D eigenvalue weighted by atomic mass is 9.98. The standard InChI is InChI=1S/C19H24ClN3O/c1-3-5-6-15-16(20)10-14(11-17(15)22-8-4-2)12-23-18-13-21-9-7-19(18)24/h4,6-8,10-11,13,21,23-24H,3,5,9,12H2,1-2H3/b8-4-,15-6+,22-17+. The third-order valence-electron chi connectivity index (χ3n) is 3.59. The first-order valence-electron chi connectivity index (χ1n) is 8.20. The van der Waals surface area contributed by atoms with Crippen LogP contribution in [0, 0.1) is 0 Å². The van der Waals surface area contributed by atoms with Gasteiger partial charge in [-0.05, 0) is 37.1 Å². The Labute approximate surface area is 148 Å². The van der Waals surface area contributed by atoms with E-state index < -0.39 is 0 Å². The third-order valence-corrected chi connectivity index (χ3v) is 3.90. The van der Waals surface area contributed by atoms with Crippen molar-refractivity contribution in [3.05, 3.63) is 70.4 Å². The zero-order chi connectivity index (χ0) is 17.4. The van der Waals surface area contributed by atoms with Gasteiger partial charge in [0.15, 0.2) is 0 Å². The minimum Gasteiger partial charge on any atom is -0.506 e. The summed E-state index contributed by atoms with van der Waals surface area (Å²) in [7, 11) is 0. The van der Waals surface area contributed by atoms with Crippen LogP contribution in [-0.2, 0) is 0 Å². The van der Waals surface area contributed by atoms with E-state index in [1.807, 2.05) is 25.2 Å². The normalized spacial score (nSPS) is 21.3. The summed E-state index contributed by atoms with van der Waals surface area (Å²) >= 11 is 6.47. The number of nitrogens with one attached hydrogen (secondary N) is 2. The van der Waals surface area contributed by atoms with Gasteiger partial charge in [0.05, 0.1) is 11.4 Å². The van der Waals surface area contributed by atoms with Gasteiger partial charge < -0.3 is 15.7 Å². The number of unbranched alkanes of at least 4 members (excludes halogenated alkanes) is 1. The lowest BCUT2D eigenvalue weighted by Gasteiger charge is -2.18. The van der Waals surface area contributed by atoms with Crippen molar-refractivity contribution in [2.24, 2.45) is 4.99 Å². The fourth-order valence-corrected chi connectivity index (χ4v) is 2.67. The maximum atomic E-state index is 9.85. The van der Waals surface area contributed by atoms with Gasteiger partial charge in [0, 0.05) is 36.1 Å². The van der Waals surface area contributed by atoms with Gasteiger partial charge in [0.2, 0.25) is 0 Å². The minimum absolute atomic E-state index is 0.256. The van der Waals surface area contributed by atoms with Gasteiger partial charge in [-0.1, -0.05) is 37.1 Å². The number of rotatable bonds is 6. The first-order valence-corrected chi connectivity index (χ1v) is 8.58. The van der Waals surface area contributed by atoms with Crippen LogP contribution >= 0.6 is 11.6 Å². The monoisotopic (exact) mass is 345 g/mol.